The van der Waals surface area contributed by atoms with Gasteiger partial charge in [-0.05, 0) is 41.1 Å². The monoisotopic (exact) mass is 350 g/mol. The Kier molecular flexibility index (Phi) is 3.51. The smallest absolute Gasteiger partial charge is 0.178 e. The molecule has 0 spiro atoms. The molecule has 1 N–H and O–H groups in total. The molecule has 0 radical (unpaired) electrons. The molecule has 0 saturated heterocycles. The van der Waals surface area contributed by atoms with Gasteiger partial charge in [0.05, 0.1) is 0 Å². The standard InChI is InChI=1S/C25H18O2/c26-21-13-11-20(12-14-21)25(19-7-2-1-3-8-19)17-16-23-22-9-5-4-6-18(22)10-15-24(23)27-25/h1-17,26H. The lowest BCUT2D eigenvalue weighted by atomic mass is 9.83. The molecule has 0 saturated carbocycles. The Morgan fingerprint density at radius 2 is 1.37 bits per heavy atom. The molecular weight excluding hydrogens is 332 g/mol. The first-order valence-electron chi connectivity index (χ1n) is 9.01. The van der Waals surface area contributed by atoms with E-state index in [0.717, 1.165) is 22.4 Å². The minimum atomic E-state index is -0.732. The second kappa shape index (κ2) is 6.03. The minimum absolute atomic E-state index is 0.244. The lowest BCUT2D eigenvalue weighted by Crippen LogP contribution is -2.34. The first kappa shape index (κ1) is 15.7. The molecule has 1 unspecified atom stereocenters. The van der Waals surface area contributed by atoms with Crippen molar-refractivity contribution >= 4 is 16.8 Å². The largest absolute Gasteiger partial charge is 0.508 e. The quantitative estimate of drug-likeness (QED) is 0.488. The van der Waals surface area contributed by atoms with Gasteiger partial charge in [0.25, 0.3) is 0 Å². The number of benzene rings is 4. The molecule has 27 heavy (non-hydrogen) atoms. The number of hydrogen-bond donors (Lipinski definition) is 1. The van der Waals surface area contributed by atoms with E-state index in [0.29, 0.717) is 0 Å². The van der Waals surface area contributed by atoms with Gasteiger partial charge in [0.1, 0.15) is 11.5 Å². The zero-order valence-electron chi connectivity index (χ0n) is 14.7. The predicted molar refractivity (Wildman–Crippen MR) is 109 cm³/mol. The fourth-order valence-electron chi connectivity index (χ4n) is 3.82. The van der Waals surface area contributed by atoms with Crippen molar-refractivity contribution in [2.45, 2.75) is 5.60 Å². The van der Waals surface area contributed by atoms with Crippen molar-refractivity contribution in [2.75, 3.05) is 0 Å². The van der Waals surface area contributed by atoms with Crippen LogP contribution in [0.15, 0.2) is 97.1 Å². The lowest BCUT2D eigenvalue weighted by Gasteiger charge is -2.36. The average Bonchev–Trinajstić information content (AvgIpc) is 2.74. The van der Waals surface area contributed by atoms with E-state index in [9.17, 15) is 5.11 Å². The summed E-state index contributed by atoms with van der Waals surface area (Å²) in [7, 11) is 0. The predicted octanol–water partition coefficient (Wildman–Crippen LogP) is 5.89. The van der Waals surface area contributed by atoms with Crippen LogP contribution < -0.4 is 4.74 Å². The highest BCUT2D eigenvalue weighted by Gasteiger charge is 2.37. The van der Waals surface area contributed by atoms with Gasteiger partial charge in [-0.1, -0.05) is 72.8 Å². The van der Waals surface area contributed by atoms with Crippen molar-refractivity contribution in [3.05, 3.63) is 114 Å². The van der Waals surface area contributed by atoms with Gasteiger partial charge in [0.15, 0.2) is 5.60 Å². The third-order valence-electron chi connectivity index (χ3n) is 5.19. The highest BCUT2D eigenvalue weighted by atomic mass is 16.5. The SMILES string of the molecule is Oc1ccc(C2(c3ccccc3)C=Cc3c(ccc4ccccc34)O2)cc1. The van der Waals surface area contributed by atoms with Crippen molar-refractivity contribution in [2.24, 2.45) is 0 Å². The van der Waals surface area contributed by atoms with Crippen LogP contribution in [0, 0.1) is 0 Å². The highest BCUT2D eigenvalue weighted by molar-refractivity contribution is 5.94. The fraction of sp³-hybridized carbons (Fsp3) is 0.0400. The van der Waals surface area contributed by atoms with Crippen molar-refractivity contribution in [3.63, 3.8) is 0 Å². The summed E-state index contributed by atoms with van der Waals surface area (Å²) in [6, 6.07) is 29.9. The zero-order chi connectivity index (χ0) is 18.3. The number of phenolic OH excluding ortho intramolecular Hbond substituents is 1. The van der Waals surface area contributed by atoms with Gasteiger partial charge in [0, 0.05) is 16.7 Å². The molecule has 0 bridgehead atoms. The van der Waals surface area contributed by atoms with Crippen molar-refractivity contribution in [1.29, 1.82) is 0 Å². The molecule has 2 heteroatoms. The number of hydrogen-bond acceptors (Lipinski definition) is 2. The number of aromatic hydroxyl groups is 1. The van der Waals surface area contributed by atoms with E-state index >= 15 is 0 Å². The zero-order valence-corrected chi connectivity index (χ0v) is 14.7. The van der Waals surface area contributed by atoms with E-state index in [4.69, 9.17) is 4.74 Å². The summed E-state index contributed by atoms with van der Waals surface area (Å²) < 4.78 is 6.67. The molecule has 0 aliphatic carbocycles. The van der Waals surface area contributed by atoms with Crippen LogP contribution in [0.4, 0.5) is 0 Å². The van der Waals surface area contributed by atoms with Gasteiger partial charge < -0.3 is 9.84 Å². The second-order valence-corrected chi connectivity index (χ2v) is 6.78. The lowest BCUT2D eigenvalue weighted by molar-refractivity contribution is 0.161. The summed E-state index contributed by atoms with van der Waals surface area (Å²) in [6.45, 7) is 0. The van der Waals surface area contributed by atoms with Crippen molar-refractivity contribution < 1.29 is 9.84 Å². The first-order valence-corrected chi connectivity index (χ1v) is 9.01. The summed E-state index contributed by atoms with van der Waals surface area (Å²) >= 11 is 0. The van der Waals surface area contributed by atoms with Crippen LogP contribution in [-0.2, 0) is 5.60 Å². The summed E-state index contributed by atoms with van der Waals surface area (Å²) in [6.07, 6.45) is 4.27. The average molecular weight is 350 g/mol. The van der Waals surface area contributed by atoms with E-state index in [2.05, 4.69) is 48.6 Å². The van der Waals surface area contributed by atoms with E-state index < -0.39 is 5.60 Å². The third kappa shape index (κ3) is 2.49. The van der Waals surface area contributed by atoms with Gasteiger partial charge in [-0.25, -0.2) is 0 Å². The van der Waals surface area contributed by atoms with Crippen LogP contribution >= 0.6 is 0 Å². The summed E-state index contributed by atoms with van der Waals surface area (Å²) in [5, 5.41) is 12.1. The fourth-order valence-corrected chi connectivity index (χ4v) is 3.82. The van der Waals surface area contributed by atoms with Crippen LogP contribution in [0.2, 0.25) is 0 Å². The number of phenols is 1. The van der Waals surface area contributed by atoms with Gasteiger partial charge in [0.2, 0.25) is 0 Å². The molecule has 2 nitrogen and oxygen atoms in total. The Labute approximate surface area is 158 Å². The van der Waals surface area contributed by atoms with Gasteiger partial charge in [-0.2, -0.15) is 0 Å². The Balaban J connectivity index is 1.74. The second-order valence-electron chi connectivity index (χ2n) is 6.78. The Hall–Kier alpha value is -3.52. The van der Waals surface area contributed by atoms with Crippen molar-refractivity contribution in [3.8, 4) is 11.5 Å². The van der Waals surface area contributed by atoms with Gasteiger partial charge in [-0.3, -0.25) is 0 Å². The molecule has 1 heterocycles. The molecule has 1 atom stereocenters. The van der Waals surface area contributed by atoms with E-state index in [1.54, 1.807) is 12.1 Å². The van der Waals surface area contributed by atoms with Crippen LogP contribution in [0.3, 0.4) is 0 Å². The van der Waals surface area contributed by atoms with E-state index in [1.165, 1.54) is 10.8 Å². The first-order chi connectivity index (χ1) is 13.3. The number of rotatable bonds is 2. The molecule has 1 aliphatic heterocycles. The molecule has 5 rings (SSSR count). The topological polar surface area (TPSA) is 29.5 Å². The maximum atomic E-state index is 9.73. The Morgan fingerprint density at radius 1 is 0.667 bits per heavy atom. The summed E-state index contributed by atoms with van der Waals surface area (Å²) in [4.78, 5) is 0. The highest BCUT2D eigenvalue weighted by Crippen LogP contribution is 2.44. The van der Waals surface area contributed by atoms with E-state index in [-0.39, 0.29) is 5.75 Å². The Morgan fingerprint density at radius 3 is 2.19 bits per heavy atom. The molecule has 4 aromatic rings. The molecule has 0 fully saturated rings. The van der Waals surface area contributed by atoms with Gasteiger partial charge >= 0.3 is 0 Å². The van der Waals surface area contributed by atoms with Crippen LogP contribution in [0.5, 0.6) is 11.5 Å². The number of ether oxygens (including phenoxy) is 1. The normalized spacial score (nSPS) is 18.1. The maximum Gasteiger partial charge on any atom is 0.178 e. The van der Waals surface area contributed by atoms with Crippen molar-refractivity contribution in [1.82, 2.24) is 0 Å². The molecular formula is C25H18O2. The molecule has 0 amide bonds. The summed E-state index contributed by atoms with van der Waals surface area (Å²) in [5.41, 5.74) is 2.38. The molecule has 130 valence electrons. The third-order valence-corrected chi connectivity index (χ3v) is 5.19. The molecule has 0 aromatic heterocycles. The van der Waals surface area contributed by atoms with E-state index in [1.807, 2.05) is 42.5 Å². The minimum Gasteiger partial charge on any atom is -0.508 e. The van der Waals surface area contributed by atoms with Crippen LogP contribution in [0.1, 0.15) is 16.7 Å². The van der Waals surface area contributed by atoms with Gasteiger partial charge in [-0.15, -0.1) is 0 Å². The Bertz CT molecular complexity index is 1140. The maximum absolute atomic E-state index is 9.73. The molecule has 4 aromatic carbocycles. The summed E-state index contributed by atoms with van der Waals surface area (Å²) in [5.74, 6) is 1.10. The van der Waals surface area contributed by atoms with Crippen LogP contribution in [0.25, 0.3) is 16.8 Å². The number of fused-ring (bicyclic) bond motifs is 3. The van der Waals surface area contributed by atoms with Crippen LogP contribution in [-0.4, -0.2) is 5.11 Å². The molecule has 1 aliphatic rings.